The van der Waals surface area contributed by atoms with Crippen LogP contribution in [0.3, 0.4) is 0 Å². The van der Waals surface area contributed by atoms with Gasteiger partial charge in [-0.2, -0.15) is 23.3 Å². The molecule has 35 heavy (non-hydrogen) atoms. The molecular formula is C25H29F3N6O. The summed E-state index contributed by atoms with van der Waals surface area (Å²) < 4.78 is 47.8. The molecular weight excluding hydrogens is 457 g/mol. The lowest BCUT2D eigenvalue weighted by molar-refractivity contribution is -0.182. The fraction of sp³-hybridized carbons (Fsp3) is 0.600. The topological polar surface area (TPSA) is 69.0 Å². The molecule has 1 atom stereocenters. The van der Waals surface area contributed by atoms with Crippen LogP contribution in [0.5, 0.6) is 0 Å². The number of morpholine rings is 1. The fourth-order valence-electron chi connectivity index (χ4n) is 5.35. The van der Waals surface area contributed by atoms with Gasteiger partial charge in [-0.15, -0.1) is 0 Å². The van der Waals surface area contributed by atoms with Gasteiger partial charge >= 0.3 is 6.18 Å². The Balaban J connectivity index is 1.29. The van der Waals surface area contributed by atoms with Gasteiger partial charge in [-0.1, -0.05) is 0 Å². The van der Waals surface area contributed by atoms with Crippen LogP contribution in [-0.4, -0.2) is 50.6 Å². The number of hydrogen-bond acceptors (Lipinski definition) is 6. The number of ether oxygens (including phenoxy) is 1. The molecule has 4 heterocycles. The molecule has 6 rings (SSSR count). The predicted molar refractivity (Wildman–Crippen MR) is 124 cm³/mol. The highest BCUT2D eigenvalue weighted by Crippen LogP contribution is 2.44. The molecule has 0 radical (unpaired) electrons. The molecule has 3 aromatic rings. The van der Waals surface area contributed by atoms with E-state index in [2.05, 4.69) is 21.2 Å². The van der Waals surface area contributed by atoms with Gasteiger partial charge in [0.2, 0.25) is 5.95 Å². The van der Waals surface area contributed by atoms with Crippen molar-refractivity contribution >= 4 is 17.0 Å². The Bertz CT molecular complexity index is 1220. The van der Waals surface area contributed by atoms with Gasteiger partial charge in [0.25, 0.3) is 0 Å². The maximum Gasteiger partial charge on any atom is 0.391 e. The van der Waals surface area contributed by atoms with Crippen molar-refractivity contribution in [2.45, 2.75) is 69.7 Å². The molecule has 1 saturated heterocycles. The summed E-state index contributed by atoms with van der Waals surface area (Å²) in [6.07, 6.45) is 3.24. The molecule has 7 nitrogen and oxygen atoms in total. The maximum absolute atomic E-state index is 13.2. The molecule has 0 amide bonds. The van der Waals surface area contributed by atoms with Gasteiger partial charge in [0, 0.05) is 35.3 Å². The maximum atomic E-state index is 13.2. The highest BCUT2D eigenvalue weighted by molar-refractivity contribution is 5.79. The highest BCUT2D eigenvalue weighted by Gasteiger charge is 2.42. The molecule has 2 saturated carbocycles. The van der Waals surface area contributed by atoms with Gasteiger partial charge in [-0.05, 0) is 57.6 Å². The Kier molecular flexibility index (Phi) is 5.66. The van der Waals surface area contributed by atoms with Crippen molar-refractivity contribution in [3.8, 4) is 0 Å². The third kappa shape index (κ3) is 4.60. The summed E-state index contributed by atoms with van der Waals surface area (Å²) in [5, 5.41) is 5.34. The molecule has 3 aliphatic rings. The van der Waals surface area contributed by atoms with Crippen molar-refractivity contribution < 1.29 is 17.9 Å². The first-order valence-corrected chi connectivity index (χ1v) is 12.5. The lowest BCUT2D eigenvalue weighted by Gasteiger charge is -2.34. The predicted octanol–water partition coefficient (Wildman–Crippen LogP) is 5.28. The second kappa shape index (κ2) is 8.72. The van der Waals surface area contributed by atoms with E-state index in [-0.39, 0.29) is 24.9 Å². The third-order valence-electron chi connectivity index (χ3n) is 7.56. The van der Waals surface area contributed by atoms with Crippen LogP contribution in [0.2, 0.25) is 0 Å². The number of fused-ring (bicyclic) bond motifs is 1. The summed E-state index contributed by atoms with van der Waals surface area (Å²) in [6, 6.07) is 4.39. The van der Waals surface area contributed by atoms with Gasteiger partial charge in [-0.25, -0.2) is 9.97 Å². The number of alkyl halides is 3. The average Bonchev–Trinajstić information content (AvgIpc) is 3.59. The quantitative estimate of drug-likeness (QED) is 0.500. The van der Waals surface area contributed by atoms with E-state index in [4.69, 9.17) is 14.7 Å². The van der Waals surface area contributed by atoms with Gasteiger partial charge in [0.15, 0.2) is 5.65 Å². The molecule has 3 aromatic heterocycles. The summed E-state index contributed by atoms with van der Waals surface area (Å²) in [5.41, 5.74) is 3.32. The molecule has 0 unspecified atom stereocenters. The molecule has 2 aliphatic carbocycles. The largest absolute Gasteiger partial charge is 0.391 e. The number of aromatic nitrogens is 5. The van der Waals surface area contributed by atoms with Crippen molar-refractivity contribution in [1.82, 2.24) is 24.7 Å². The van der Waals surface area contributed by atoms with E-state index in [0.717, 1.165) is 22.3 Å². The number of pyridine rings is 1. The number of anilines is 1. The van der Waals surface area contributed by atoms with Gasteiger partial charge in [0.1, 0.15) is 6.10 Å². The monoisotopic (exact) mass is 486 g/mol. The molecule has 0 N–H and O–H groups in total. The van der Waals surface area contributed by atoms with Crippen molar-refractivity contribution in [3.05, 3.63) is 41.5 Å². The Labute approximate surface area is 201 Å². The van der Waals surface area contributed by atoms with Gasteiger partial charge < -0.3 is 9.64 Å². The minimum absolute atomic E-state index is 0.0315. The standard InChI is InChI=1S/C25H29F3N6O/c1-15-2-9-20-22(16-3-5-18(6-4-16)25(26,27)28)31-24(32-23(20)30-15)33-10-11-35-21(14-33)17-12-29-34(13-17)19-7-8-19/h2,9,12-13,16,18-19,21H,3-8,10-11,14H2,1H3/t16-,18+,21-/m0/s1. The minimum atomic E-state index is -4.13. The van der Waals surface area contributed by atoms with Crippen LogP contribution in [0.4, 0.5) is 19.1 Å². The van der Waals surface area contributed by atoms with Gasteiger partial charge in [0.05, 0.1) is 37.0 Å². The highest BCUT2D eigenvalue weighted by atomic mass is 19.4. The zero-order valence-electron chi connectivity index (χ0n) is 19.7. The van der Waals surface area contributed by atoms with Crippen molar-refractivity contribution in [3.63, 3.8) is 0 Å². The molecule has 0 aromatic carbocycles. The Morgan fingerprint density at radius 3 is 2.54 bits per heavy atom. The fourth-order valence-corrected chi connectivity index (χ4v) is 5.35. The number of hydrogen-bond donors (Lipinski definition) is 0. The molecule has 0 bridgehead atoms. The first kappa shape index (κ1) is 22.7. The van der Waals surface area contributed by atoms with Crippen LogP contribution in [0.15, 0.2) is 24.5 Å². The zero-order chi connectivity index (χ0) is 24.2. The van der Waals surface area contributed by atoms with Crippen LogP contribution in [-0.2, 0) is 4.74 Å². The number of nitrogens with zero attached hydrogens (tertiary/aromatic N) is 6. The number of halogens is 3. The van der Waals surface area contributed by atoms with Crippen LogP contribution in [0.25, 0.3) is 11.0 Å². The normalized spacial score (nSPS) is 25.8. The number of rotatable bonds is 4. The summed E-state index contributed by atoms with van der Waals surface area (Å²) in [6.45, 7) is 3.68. The van der Waals surface area contributed by atoms with Crippen LogP contribution in [0, 0.1) is 12.8 Å². The second-order valence-electron chi connectivity index (χ2n) is 10.1. The molecule has 3 fully saturated rings. The van der Waals surface area contributed by atoms with Crippen molar-refractivity contribution in [2.24, 2.45) is 5.92 Å². The van der Waals surface area contributed by atoms with E-state index in [1.807, 2.05) is 29.9 Å². The number of aryl methyl sites for hydroxylation is 1. The van der Waals surface area contributed by atoms with Crippen molar-refractivity contribution in [1.29, 1.82) is 0 Å². The summed E-state index contributed by atoms with van der Waals surface area (Å²) in [5.74, 6) is -0.675. The summed E-state index contributed by atoms with van der Waals surface area (Å²) >= 11 is 0. The average molecular weight is 487 g/mol. The van der Waals surface area contributed by atoms with Crippen LogP contribution in [0.1, 0.15) is 73.5 Å². The lowest BCUT2D eigenvalue weighted by Crippen LogP contribution is -2.39. The Morgan fingerprint density at radius 1 is 1.00 bits per heavy atom. The SMILES string of the molecule is Cc1ccc2c(n1)nc(N1CCO[C@H](c3cnn(C4CC4)c3)C1)nc2[C@H]1CC[C@@H](C(F)(F)F)CC1. The molecule has 1 aliphatic heterocycles. The minimum Gasteiger partial charge on any atom is -0.370 e. The van der Waals surface area contributed by atoms with E-state index in [0.29, 0.717) is 50.2 Å². The van der Waals surface area contributed by atoms with Crippen LogP contribution < -0.4 is 4.90 Å². The second-order valence-corrected chi connectivity index (χ2v) is 10.1. The smallest absolute Gasteiger partial charge is 0.370 e. The molecule has 0 spiro atoms. The third-order valence-corrected chi connectivity index (χ3v) is 7.56. The van der Waals surface area contributed by atoms with Crippen LogP contribution >= 0.6 is 0 Å². The van der Waals surface area contributed by atoms with E-state index < -0.39 is 12.1 Å². The summed E-state index contributed by atoms with van der Waals surface area (Å²) in [4.78, 5) is 16.5. The van der Waals surface area contributed by atoms with Crippen molar-refractivity contribution in [2.75, 3.05) is 24.6 Å². The van der Waals surface area contributed by atoms with Gasteiger partial charge in [-0.3, -0.25) is 4.68 Å². The Morgan fingerprint density at radius 2 is 1.80 bits per heavy atom. The Hall–Kier alpha value is -2.75. The van der Waals surface area contributed by atoms with E-state index in [9.17, 15) is 13.2 Å². The zero-order valence-corrected chi connectivity index (χ0v) is 19.7. The van der Waals surface area contributed by atoms with E-state index in [1.54, 1.807) is 0 Å². The molecule has 10 heteroatoms. The first-order chi connectivity index (χ1) is 16.8. The molecule has 186 valence electrons. The van der Waals surface area contributed by atoms with E-state index >= 15 is 0 Å². The first-order valence-electron chi connectivity index (χ1n) is 12.5. The lowest BCUT2D eigenvalue weighted by atomic mass is 9.79. The summed E-state index contributed by atoms with van der Waals surface area (Å²) in [7, 11) is 0. The van der Waals surface area contributed by atoms with E-state index in [1.165, 1.54) is 12.8 Å².